The van der Waals surface area contributed by atoms with Crippen molar-refractivity contribution >= 4 is 29.0 Å². The molecule has 1 aliphatic carbocycles. The Hall–Kier alpha value is -3.10. The number of rotatable bonds is 5. The van der Waals surface area contributed by atoms with Crippen LogP contribution in [-0.4, -0.2) is 62.3 Å². The van der Waals surface area contributed by atoms with E-state index in [0.29, 0.717) is 17.7 Å². The number of H-pyrrole nitrogens is 1. The molecule has 1 unspecified atom stereocenters. The maximum Gasteiger partial charge on any atom is 0.246 e. The topological polar surface area (TPSA) is 94.5 Å². The molecule has 28 heavy (non-hydrogen) atoms. The van der Waals surface area contributed by atoms with Crippen molar-refractivity contribution in [2.24, 2.45) is 0 Å². The summed E-state index contributed by atoms with van der Waals surface area (Å²) in [6.07, 6.45) is 6.10. The van der Waals surface area contributed by atoms with E-state index < -0.39 is 0 Å². The SMILES string of the molecule is CN(C)C(=O)C1CCCN1c1nc(Nc2cc(C3CC3)[nH]n2)c2cccn2n1. The standard InChI is InChI=1S/C19H24N8O/c1-25(2)18(28)15-6-3-9-26(15)19-21-17(14-5-4-10-27(14)24-19)20-16-11-13(22-23-16)12-7-8-12/h4-5,10-12,15H,3,6-9H2,1-2H3,(H2,20,21,22,23,24). The van der Waals surface area contributed by atoms with Crippen molar-refractivity contribution in [1.82, 2.24) is 29.7 Å². The van der Waals surface area contributed by atoms with Gasteiger partial charge in [0.15, 0.2) is 11.6 Å². The lowest BCUT2D eigenvalue weighted by molar-refractivity contribution is -0.129. The van der Waals surface area contributed by atoms with Gasteiger partial charge in [-0.2, -0.15) is 10.1 Å². The predicted molar refractivity (Wildman–Crippen MR) is 106 cm³/mol. The van der Waals surface area contributed by atoms with Crippen molar-refractivity contribution in [3.8, 4) is 0 Å². The number of carbonyl (C=O) groups is 1. The van der Waals surface area contributed by atoms with Crippen LogP contribution in [0.2, 0.25) is 0 Å². The second-order valence-electron chi connectivity index (χ2n) is 7.79. The van der Waals surface area contributed by atoms with Gasteiger partial charge in [0.05, 0.1) is 0 Å². The molecule has 2 N–H and O–H groups in total. The van der Waals surface area contributed by atoms with Crippen LogP contribution in [0.1, 0.15) is 37.3 Å². The quantitative estimate of drug-likeness (QED) is 0.704. The second kappa shape index (κ2) is 6.50. The van der Waals surface area contributed by atoms with Gasteiger partial charge in [-0.3, -0.25) is 9.89 Å². The van der Waals surface area contributed by atoms with Gasteiger partial charge in [0.2, 0.25) is 11.9 Å². The molecule has 4 heterocycles. The Balaban J connectivity index is 1.49. The summed E-state index contributed by atoms with van der Waals surface area (Å²) in [5.74, 6) is 2.69. The van der Waals surface area contributed by atoms with E-state index in [9.17, 15) is 4.79 Å². The van der Waals surface area contributed by atoms with E-state index in [-0.39, 0.29) is 11.9 Å². The van der Waals surface area contributed by atoms with Crippen molar-refractivity contribution in [1.29, 1.82) is 0 Å². The fraction of sp³-hybridized carbons (Fsp3) is 0.474. The summed E-state index contributed by atoms with van der Waals surface area (Å²) in [6, 6.07) is 5.73. The molecule has 0 radical (unpaired) electrons. The Labute approximate surface area is 162 Å². The van der Waals surface area contributed by atoms with E-state index in [1.165, 1.54) is 18.5 Å². The molecule has 0 bridgehead atoms. The number of aromatic amines is 1. The van der Waals surface area contributed by atoms with Crippen molar-refractivity contribution in [2.45, 2.75) is 37.6 Å². The number of aromatic nitrogens is 5. The molecular formula is C19H24N8O. The first-order valence-corrected chi connectivity index (χ1v) is 9.75. The molecule has 3 aromatic heterocycles. The van der Waals surface area contributed by atoms with Gasteiger partial charge in [-0.15, -0.1) is 5.10 Å². The lowest BCUT2D eigenvalue weighted by Gasteiger charge is -2.26. The molecule has 0 spiro atoms. The summed E-state index contributed by atoms with van der Waals surface area (Å²) in [7, 11) is 3.58. The van der Waals surface area contributed by atoms with E-state index in [2.05, 4.69) is 20.6 Å². The highest BCUT2D eigenvalue weighted by molar-refractivity contribution is 5.85. The number of nitrogens with zero attached hydrogens (tertiary/aromatic N) is 6. The lowest BCUT2D eigenvalue weighted by atomic mass is 10.2. The highest BCUT2D eigenvalue weighted by Crippen LogP contribution is 2.39. The number of hydrogen-bond acceptors (Lipinski definition) is 6. The van der Waals surface area contributed by atoms with Gasteiger partial charge in [-0.05, 0) is 37.8 Å². The Kier molecular flexibility index (Phi) is 3.96. The molecule has 1 saturated heterocycles. The summed E-state index contributed by atoms with van der Waals surface area (Å²) >= 11 is 0. The smallest absolute Gasteiger partial charge is 0.246 e. The average Bonchev–Trinajstić information content (AvgIpc) is 3.10. The molecule has 146 valence electrons. The summed E-state index contributed by atoms with van der Waals surface area (Å²) in [4.78, 5) is 21.0. The van der Waals surface area contributed by atoms with Crippen molar-refractivity contribution < 1.29 is 4.79 Å². The van der Waals surface area contributed by atoms with Crippen LogP contribution in [0, 0.1) is 0 Å². The van der Waals surface area contributed by atoms with Crippen LogP contribution in [0.25, 0.3) is 5.52 Å². The van der Waals surface area contributed by atoms with Crippen molar-refractivity contribution in [2.75, 3.05) is 30.9 Å². The van der Waals surface area contributed by atoms with Crippen molar-refractivity contribution in [3.63, 3.8) is 0 Å². The highest BCUT2D eigenvalue weighted by Gasteiger charge is 2.34. The minimum atomic E-state index is -0.220. The Morgan fingerprint density at radius 2 is 2.18 bits per heavy atom. The van der Waals surface area contributed by atoms with E-state index in [1.54, 1.807) is 23.5 Å². The van der Waals surface area contributed by atoms with E-state index in [1.807, 2.05) is 29.3 Å². The minimum absolute atomic E-state index is 0.0876. The zero-order chi connectivity index (χ0) is 19.3. The number of amides is 1. The zero-order valence-corrected chi connectivity index (χ0v) is 16.1. The fourth-order valence-electron chi connectivity index (χ4n) is 3.82. The number of hydrogen-bond donors (Lipinski definition) is 2. The number of carbonyl (C=O) groups excluding carboxylic acids is 1. The van der Waals surface area contributed by atoms with E-state index in [4.69, 9.17) is 4.98 Å². The van der Waals surface area contributed by atoms with Gasteiger partial charge in [-0.25, -0.2) is 4.52 Å². The van der Waals surface area contributed by atoms with E-state index in [0.717, 1.165) is 30.7 Å². The van der Waals surface area contributed by atoms with Crippen LogP contribution in [0.4, 0.5) is 17.6 Å². The fourth-order valence-corrected chi connectivity index (χ4v) is 3.82. The first-order valence-electron chi connectivity index (χ1n) is 9.75. The molecule has 2 fully saturated rings. The lowest BCUT2D eigenvalue weighted by Crippen LogP contribution is -2.43. The zero-order valence-electron chi connectivity index (χ0n) is 16.1. The molecule has 9 nitrogen and oxygen atoms in total. The van der Waals surface area contributed by atoms with Crippen LogP contribution >= 0.6 is 0 Å². The molecular weight excluding hydrogens is 356 g/mol. The van der Waals surface area contributed by atoms with Crippen LogP contribution in [-0.2, 0) is 4.79 Å². The Morgan fingerprint density at radius 3 is 2.96 bits per heavy atom. The first kappa shape index (κ1) is 17.0. The molecule has 1 aliphatic heterocycles. The molecule has 9 heteroatoms. The molecule has 1 atom stereocenters. The maximum atomic E-state index is 12.6. The van der Waals surface area contributed by atoms with Gasteiger partial charge in [0, 0.05) is 44.5 Å². The Morgan fingerprint density at radius 1 is 1.32 bits per heavy atom. The van der Waals surface area contributed by atoms with Crippen molar-refractivity contribution in [3.05, 3.63) is 30.1 Å². The monoisotopic (exact) mass is 380 g/mol. The minimum Gasteiger partial charge on any atom is -0.347 e. The van der Waals surface area contributed by atoms with Gasteiger partial charge in [-0.1, -0.05) is 0 Å². The predicted octanol–water partition coefficient (Wildman–Crippen LogP) is 2.13. The van der Waals surface area contributed by atoms with Crippen LogP contribution in [0.3, 0.4) is 0 Å². The normalized spacial score (nSPS) is 19.4. The molecule has 0 aromatic carbocycles. The van der Waals surface area contributed by atoms with Crippen LogP contribution in [0.5, 0.6) is 0 Å². The van der Waals surface area contributed by atoms with Crippen LogP contribution < -0.4 is 10.2 Å². The second-order valence-corrected chi connectivity index (χ2v) is 7.79. The summed E-state index contributed by atoms with van der Waals surface area (Å²) < 4.78 is 1.80. The van der Waals surface area contributed by atoms with Gasteiger partial charge in [0.1, 0.15) is 11.6 Å². The number of anilines is 3. The summed E-state index contributed by atoms with van der Waals surface area (Å²) in [5.41, 5.74) is 2.04. The highest BCUT2D eigenvalue weighted by atomic mass is 16.2. The summed E-state index contributed by atoms with van der Waals surface area (Å²) in [6.45, 7) is 0.769. The summed E-state index contributed by atoms with van der Waals surface area (Å²) in [5, 5.41) is 15.5. The largest absolute Gasteiger partial charge is 0.347 e. The van der Waals surface area contributed by atoms with E-state index >= 15 is 0 Å². The molecule has 3 aromatic rings. The third kappa shape index (κ3) is 2.96. The van der Waals surface area contributed by atoms with Gasteiger partial charge >= 0.3 is 0 Å². The number of likely N-dealkylation sites (N-methyl/N-ethyl adjacent to an activating group) is 1. The molecule has 5 rings (SSSR count). The maximum absolute atomic E-state index is 12.6. The number of nitrogens with one attached hydrogen (secondary N) is 2. The van der Waals surface area contributed by atoms with Gasteiger partial charge < -0.3 is 15.1 Å². The third-order valence-corrected chi connectivity index (χ3v) is 5.48. The first-order chi connectivity index (χ1) is 13.6. The Bertz CT molecular complexity index is 1020. The molecule has 2 aliphatic rings. The average molecular weight is 380 g/mol. The molecule has 1 saturated carbocycles. The molecule has 1 amide bonds. The third-order valence-electron chi connectivity index (χ3n) is 5.48. The van der Waals surface area contributed by atoms with Gasteiger partial charge in [0.25, 0.3) is 0 Å². The number of fused-ring (bicyclic) bond motifs is 1. The van der Waals surface area contributed by atoms with Crippen LogP contribution in [0.15, 0.2) is 24.4 Å².